The minimum absolute atomic E-state index is 0.444. The first-order valence-electron chi connectivity index (χ1n) is 5.35. The van der Waals surface area contributed by atoms with E-state index in [2.05, 4.69) is 4.98 Å². The molecular formula is C14H13N3. The zero-order chi connectivity index (χ0) is 12.3. The average molecular weight is 223 g/mol. The van der Waals surface area contributed by atoms with Crippen LogP contribution in [0.1, 0.15) is 5.69 Å². The number of aromatic nitrogens is 1. The van der Waals surface area contributed by atoms with Gasteiger partial charge in [0.2, 0.25) is 0 Å². The van der Waals surface area contributed by atoms with Crippen LogP contribution in [0.4, 0.5) is 5.69 Å². The number of anilines is 1. The summed E-state index contributed by atoms with van der Waals surface area (Å²) in [6.07, 6.45) is 0. The molecule has 0 aliphatic rings. The third-order valence-corrected chi connectivity index (χ3v) is 2.54. The Balaban J connectivity index is 2.37. The van der Waals surface area contributed by atoms with Crippen molar-refractivity contribution in [3.63, 3.8) is 0 Å². The van der Waals surface area contributed by atoms with Gasteiger partial charge in [-0.25, -0.2) is 4.98 Å². The summed E-state index contributed by atoms with van der Waals surface area (Å²) in [5.41, 5.74) is 3.44. The third kappa shape index (κ3) is 2.43. The Kier molecular flexibility index (Phi) is 3.06. The Morgan fingerprint density at radius 2 is 1.76 bits per heavy atom. The molecule has 3 heteroatoms. The average Bonchev–Trinajstić information content (AvgIpc) is 2.39. The minimum Gasteiger partial charge on any atom is -0.378 e. The number of pyridine rings is 1. The highest BCUT2D eigenvalue weighted by atomic mass is 15.1. The van der Waals surface area contributed by atoms with E-state index in [9.17, 15) is 0 Å². The summed E-state index contributed by atoms with van der Waals surface area (Å²) in [7, 11) is 4.01. The minimum atomic E-state index is 0.444. The third-order valence-electron chi connectivity index (χ3n) is 2.54. The maximum absolute atomic E-state index is 8.81. The maximum atomic E-state index is 8.81. The Morgan fingerprint density at radius 3 is 2.35 bits per heavy atom. The van der Waals surface area contributed by atoms with Crippen molar-refractivity contribution in [1.29, 1.82) is 5.26 Å². The molecule has 2 aromatic rings. The lowest BCUT2D eigenvalue weighted by molar-refractivity contribution is 1.13. The van der Waals surface area contributed by atoms with E-state index in [1.54, 1.807) is 6.07 Å². The van der Waals surface area contributed by atoms with Crippen molar-refractivity contribution in [2.75, 3.05) is 19.0 Å². The second-order valence-corrected chi connectivity index (χ2v) is 3.96. The quantitative estimate of drug-likeness (QED) is 0.785. The second kappa shape index (κ2) is 4.67. The molecule has 0 saturated carbocycles. The summed E-state index contributed by atoms with van der Waals surface area (Å²) in [4.78, 5) is 6.31. The van der Waals surface area contributed by atoms with Crippen molar-refractivity contribution in [3.8, 4) is 17.3 Å². The first kappa shape index (κ1) is 11.2. The van der Waals surface area contributed by atoms with E-state index in [1.165, 1.54) is 0 Å². The molecule has 0 unspecified atom stereocenters. The molecule has 0 atom stereocenters. The fraction of sp³-hybridized carbons (Fsp3) is 0.143. The molecule has 84 valence electrons. The summed E-state index contributed by atoms with van der Waals surface area (Å²) >= 11 is 0. The number of nitriles is 1. The van der Waals surface area contributed by atoms with Crippen LogP contribution in [-0.2, 0) is 0 Å². The largest absolute Gasteiger partial charge is 0.378 e. The summed E-state index contributed by atoms with van der Waals surface area (Å²) < 4.78 is 0. The van der Waals surface area contributed by atoms with E-state index in [0.29, 0.717) is 5.69 Å². The van der Waals surface area contributed by atoms with Crippen molar-refractivity contribution >= 4 is 5.69 Å². The molecule has 0 aliphatic heterocycles. The van der Waals surface area contributed by atoms with Crippen LogP contribution in [0.15, 0.2) is 42.5 Å². The molecule has 0 amide bonds. The van der Waals surface area contributed by atoms with Crippen LogP contribution in [0.2, 0.25) is 0 Å². The fourth-order valence-corrected chi connectivity index (χ4v) is 1.59. The van der Waals surface area contributed by atoms with Gasteiger partial charge in [0.1, 0.15) is 11.8 Å². The summed E-state index contributed by atoms with van der Waals surface area (Å²) in [6, 6.07) is 15.6. The number of benzene rings is 1. The molecule has 3 nitrogen and oxygen atoms in total. The molecule has 1 aromatic carbocycles. The number of rotatable bonds is 2. The zero-order valence-corrected chi connectivity index (χ0v) is 9.88. The molecule has 0 N–H and O–H groups in total. The predicted octanol–water partition coefficient (Wildman–Crippen LogP) is 2.69. The molecule has 0 saturated heterocycles. The van der Waals surface area contributed by atoms with Gasteiger partial charge in [-0.15, -0.1) is 0 Å². The number of nitrogens with zero attached hydrogens (tertiary/aromatic N) is 3. The summed E-state index contributed by atoms with van der Waals surface area (Å²) in [5, 5.41) is 8.81. The van der Waals surface area contributed by atoms with Crippen LogP contribution < -0.4 is 4.90 Å². The van der Waals surface area contributed by atoms with Crippen LogP contribution in [0, 0.1) is 11.3 Å². The first-order chi connectivity index (χ1) is 8.20. The second-order valence-electron chi connectivity index (χ2n) is 3.96. The van der Waals surface area contributed by atoms with Gasteiger partial charge < -0.3 is 4.90 Å². The fourth-order valence-electron chi connectivity index (χ4n) is 1.59. The van der Waals surface area contributed by atoms with E-state index in [1.807, 2.05) is 61.5 Å². The number of hydrogen-bond donors (Lipinski definition) is 0. The molecule has 0 bridgehead atoms. The van der Waals surface area contributed by atoms with E-state index in [0.717, 1.165) is 16.9 Å². The highest BCUT2D eigenvalue weighted by molar-refractivity contribution is 5.63. The monoisotopic (exact) mass is 223 g/mol. The van der Waals surface area contributed by atoms with Gasteiger partial charge in [0.05, 0.1) is 5.69 Å². The van der Waals surface area contributed by atoms with Gasteiger partial charge in [-0.05, 0) is 24.3 Å². The van der Waals surface area contributed by atoms with Gasteiger partial charge in [0.15, 0.2) is 0 Å². The highest BCUT2D eigenvalue weighted by Gasteiger charge is 2.01. The van der Waals surface area contributed by atoms with Gasteiger partial charge in [-0.1, -0.05) is 18.2 Å². The van der Waals surface area contributed by atoms with E-state index >= 15 is 0 Å². The summed E-state index contributed by atoms with van der Waals surface area (Å²) in [6.45, 7) is 0. The van der Waals surface area contributed by atoms with Gasteiger partial charge >= 0.3 is 0 Å². The molecular weight excluding hydrogens is 210 g/mol. The topological polar surface area (TPSA) is 39.9 Å². The zero-order valence-electron chi connectivity index (χ0n) is 9.88. The Morgan fingerprint density at radius 1 is 1.06 bits per heavy atom. The Labute approximate surface area is 101 Å². The van der Waals surface area contributed by atoms with Crippen molar-refractivity contribution in [1.82, 2.24) is 4.98 Å². The lowest BCUT2D eigenvalue weighted by atomic mass is 10.1. The van der Waals surface area contributed by atoms with Crippen molar-refractivity contribution < 1.29 is 0 Å². The predicted molar refractivity (Wildman–Crippen MR) is 68.7 cm³/mol. The summed E-state index contributed by atoms with van der Waals surface area (Å²) in [5.74, 6) is 0. The van der Waals surface area contributed by atoms with Crippen molar-refractivity contribution in [3.05, 3.63) is 48.2 Å². The molecule has 17 heavy (non-hydrogen) atoms. The van der Waals surface area contributed by atoms with Crippen LogP contribution in [0.3, 0.4) is 0 Å². The van der Waals surface area contributed by atoms with Crippen LogP contribution in [-0.4, -0.2) is 19.1 Å². The smallest absolute Gasteiger partial charge is 0.141 e. The molecule has 0 radical (unpaired) electrons. The highest BCUT2D eigenvalue weighted by Crippen LogP contribution is 2.20. The standard InChI is InChI=1S/C14H13N3/c1-17(2)13-8-6-11(7-9-13)14-5-3-4-12(10-15)16-14/h3-9H,1-2H3. The van der Waals surface area contributed by atoms with Crippen LogP contribution >= 0.6 is 0 Å². The molecule has 0 fully saturated rings. The molecule has 2 rings (SSSR count). The van der Waals surface area contributed by atoms with Gasteiger partial charge in [-0.2, -0.15) is 5.26 Å². The van der Waals surface area contributed by atoms with Crippen LogP contribution in [0.5, 0.6) is 0 Å². The molecule has 1 aromatic heterocycles. The lowest BCUT2D eigenvalue weighted by Gasteiger charge is -2.12. The normalized spacial score (nSPS) is 9.71. The van der Waals surface area contributed by atoms with Gasteiger partial charge in [0, 0.05) is 25.3 Å². The van der Waals surface area contributed by atoms with Gasteiger partial charge in [0.25, 0.3) is 0 Å². The Hall–Kier alpha value is -2.34. The molecule has 0 spiro atoms. The number of hydrogen-bond acceptors (Lipinski definition) is 3. The van der Waals surface area contributed by atoms with Crippen molar-refractivity contribution in [2.45, 2.75) is 0 Å². The molecule has 0 aliphatic carbocycles. The van der Waals surface area contributed by atoms with E-state index in [4.69, 9.17) is 5.26 Å². The van der Waals surface area contributed by atoms with Crippen molar-refractivity contribution in [2.24, 2.45) is 0 Å². The maximum Gasteiger partial charge on any atom is 0.141 e. The van der Waals surface area contributed by atoms with E-state index < -0.39 is 0 Å². The van der Waals surface area contributed by atoms with Crippen LogP contribution in [0.25, 0.3) is 11.3 Å². The SMILES string of the molecule is CN(C)c1ccc(-c2cccc(C#N)n2)cc1. The lowest BCUT2D eigenvalue weighted by Crippen LogP contribution is -2.07. The molecule has 1 heterocycles. The Bertz CT molecular complexity index is 550. The first-order valence-corrected chi connectivity index (χ1v) is 5.35. The van der Waals surface area contributed by atoms with E-state index in [-0.39, 0.29) is 0 Å². The van der Waals surface area contributed by atoms with Gasteiger partial charge in [-0.3, -0.25) is 0 Å².